The average Bonchev–Trinajstić information content (AvgIpc) is 2.78. The Morgan fingerprint density at radius 2 is 2.47 bits per heavy atom. The Bertz CT molecular complexity index is 377. The lowest BCUT2D eigenvalue weighted by Gasteiger charge is -2.14. The van der Waals surface area contributed by atoms with Crippen molar-refractivity contribution >= 4 is 5.91 Å². The van der Waals surface area contributed by atoms with E-state index in [4.69, 9.17) is 4.74 Å². The zero-order chi connectivity index (χ0) is 12.3. The van der Waals surface area contributed by atoms with Gasteiger partial charge in [0.1, 0.15) is 0 Å². The highest BCUT2D eigenvalue weighted by molar-refractivity contribution is 5.92. The Hall–Kier alpha value is -1.52. The lowest BCUT2D eigenvalue weighted by Crippen LogP contribution is -2.28. The van der Waals surface area contributed by atoms with Crippen molar-refractivity contribution in [1.82, 2.24) is 14.7 Å². The van der Waals surface area contributed by atoms with E-state index >= 15 is 0 Å². The summed E-state index contributed by atoms with van der Waals surface area (Å²) in [6.07, 6.45) is 3.06. The molecule has 1 aromatic heterocycles. The van der Waals surface area contributed by atoms with Gasteiger partial charge < -0.3 is 9.64 Å². The maximum Gasteiger partial charge on any atom is 0.274 e. The Balaban J connectivity index is 2.06. The number of hydrogen-bond donors (Lipinski definition) is 0. The van der Waals surface area contributed by atoms with Gasteiger partial charge in [-0.1, -0.05) is 13.3 Å². The molecule has 0 saturated carbocycles. The lowest BCUT2D eigenvalue weighted by atomic mass is 10.3. The fourth-order valence-corrected chi connectivity index (χ4v) is 1.86. The fraction of sp³-hybridized carbons (Fsp3) is 0.667. The first-order valence-electron chi connectivity index (χ1n) is 6.18. The number of rotatable bonds is 4. The number of aromatic nitrogens is 2. The van der Waals surface area contributed by atoms with E-state index in [1.165, 1.54) is 0 Å². The van der Waals surface area contributed by atoms with Crippen molar-refractivity contribution in [1.29, 1.82) is 0 Å². The molecule has 1 aliphatic rings. The molecule has 0 spiro atoms. The summed E-state index contributed by atoms with van der Waals surface area (Å²) in [5, 5.41) is 4.28. The highest BCUT2D eigenvalue weighted by Gasteiger charge is 2.20. The molecule has 1 amide bonds. The third kappa shape index (κ3) is 2.60. The van der Waals surface area contributed by atoms with Crippen LogP contribution in [0.2, 0.25) is 0 Å². The number of aryl methyl sites for hydroxylation is 1. The van der Waals surface area contributed by atoms with Gasteiger partial charge in [-0.3, -0.25) is 4.79 Å². The predicted molar refractivity (Wildman–Crippen MR) is 64.2 cm³/mol. The van der Waals surface area contributed by atoms with Gasteiger partial charge in [0.05, 0.1) is 6.61 Å². The molecule has 5 heteroatoms. The maximum absolute atomic E-state index is 12.1. The lowest BCUT2D eigenvalue weighted by molar-refractivity contribution is 0.0786. The van der Waals surface area contributed by atoms with E-state index in [-0.39, 0.29) is 5.91 Å². The van der Waals surface area contributed by atoms with Gasteiger partial charge in [0.25, 0.3) is 5.91 Å². The Kier molecular flexibility index (Phi) is 3.66. The SMILES string of the molecule is CCCCN(C)C(=O)c1cc2n(n1)CCCO2. The molecule has 1 aromatic rings. The van der Waals surface area contributed by atoms with E-state index < -0.39 is 0 Å². The van der Waals surface area contributed by atoms with Crippen LogP contribution < -0.4 is 4.74 Å². The quantitative estimate of drug-likeness (QED) is 0.798. The third-order valence-corrected chi connectivity index (χ3v) is 2.92. The number of nitrogens with zero attached hydrogens (tertiary/aromatic N) is 3. The summed E-state index contributed by atoms with van der Waals surface area (Å²) in [7, 11) is 1.82. The molecule has 94 valence electrons. The summed E-state index contributed by atoms with van der Waals surface area (Å²) < 4.78 is 7.21. The van der Waals surface area contributed by atoms with Crippen LogP contribution in [-0.4, -0.2) is 40.8 Å². The number of carbonyl (C=O) groups excluding carboxylic acids is 1. The molecule has 0 N–H and O–H groups in total. The summed E-state index contributed by atoms with van der Waals surface area (Å²) in [6, 6.07) is 1.74. The molecule has 0 atom stereocenters. The molecule has 0 unspecified atom stereocenters. The zero-order valence-corrected chi connectivity index (χ0v) is 10.5. The molecule has 17 heavy (non-hydrogen) atoms. The Labute approximate surface area is 101 Å². The van der Waals surface area contributed by atoms with Crippen molar-refractivity contribution < 1.29 is 9.53 Å². The molecule has 0 bridgehead atoms. The summed E-state index contributed by atoms with van der Waals surface area (Å²) in [5.74, 6) is 0.687. The number of fused-ring (bicyclic) bond motifs is 1. The number of ether oxygens (including phenoxy) is 1. The van der Waals surface area contributed by atoms with Crippen molar-refractivity contribution in [3.63, 3.8) is 0 Å². The first-order chi connectivity index (χ1) is 8.22. The Morgan fingerprint density at radius 3 is 3.18 bits per heavy atom. The second-order valence-electron chi connectivity index (χ2n) is 4.37. The number of hydrogen-bond acceptors (Lipinski definition) is 3. The standard InChI is InChI=1S/C12H19N3O2/c1-3-4-6-14(2)12(16)10-9-11-15(13-10)7-5-8-17-11/h9H,3-8H2,1-2H3. The number of carbonyl (C=O) groups is 1. The Morgan fingerprint density at radius 1 is 1.65 bits per heavy atom. The molecule has 0 aliphatic carbocycles. The monoisotopic (exact) mass is 237 g/mol. The summed E-state index contributed by atoms with van der Waals surface area (Å²) >= 11 is 0. The van der Waals surface area contributed by atoms with E-state index in [0.717, 1.165) is 32.4 Å². The van der Waals surface area contributed by atoms with Gasteiger partial charge in [0, 0.05) is 32.6 Å². The predicted octanol–water partition coefficient (Wildman–Crippen LogP) is 1.54. The van der Waals surface area contributed by atoms with Gasteiger partial charge >= 0.3 is 0 Å². The van der Waals surface area contributed by atoms with Crippen LogP contribution in [0.4, 0.5) is 0 Å². The van der Waals surface area contributed by atoms with E-state index in [0.29, 0.717) is 18.2 Å². The maximum atomic E-state index is 12.1. The van der Waals surface area contributed by atoms with E-state index in [9.17, 15) is 4.79 Å². The van der Waals surface area contributed by atoms with Crippen LogP contribution in [0.1, 0.15) is 36.7 Å². The van der Waals surface area contributed by atoms with Crippen LogP contribution in [0, 0.1) is 0 Å². The van der Waals surface area contributed by atoms with Crippen LogP contribution in [0.25, 0.3) is 0 Å². The van der Waals surface area contributed by atoms with Crippen molar-refractivity contribution in [2.45, 2.75) is 32.7 Å². The highest BCUT2D eigenvalue weighted by Crippen LogP contribution is 2.19. The molecule has 1 aliphatic heterocycles. The smallest absolute Gasteiger partial charge is 0.274 e. The van der Waals surface area contributed by atoms with Gasteiger partial charge in [-0.05, 0) is 6.42 Å². The molecule has 0 radical (unpaired) electrons. The average molecular weight is 237 g/mol. The molecule has 2 heterocycles. The molecule has 0 saturated heterocycles. The van der Waals surface area contributed by atoms with Crippen molar-refractivity contribution in [2.75, 3.05) is 20.2 Å². The van der Waals surface area contributed by atoms with Crippen LogP contribution in [0.15, 0.2) is 6.07 Å². The second-order valence-corrected chi connectivity index (χ2v) is 4.37. The van der Waals surface area contributed by atoms with Crippen molar-refractivity contribution in [2.24, 2.45) is 0 Å². The largest absolute Gasteiger partial charge is 0.478 e. The van der Waals surface area contributed by atoms with Crippen LogP contribution >= 0.6 is 0 Å². The summed E-state index contributed by atoms with van der Waals surface area (Å²) in [4.78, 5) is 13.8. The van der Waals surface area contributed by atoms with Gasteiger partial charge in [0.15, 0.2) is 5.69 Å². The van der Waals surface area contributed by atoms with Crippen LogP contribution in [0.3, 0.4) is 0 Å². The van der Waals surface area contributed by atoms with Crippen molar-refractivity contribution in [3.8, 4) is 5.88 Å². The fourth-order valence-electron chi connectivity index (χ4n) is 1.86. The zero-order valence-electron chi connectivity index (χ0n) is 10.5. The summed E-state index contributed by atoms with van der Waals surface area (Å²) in [5.41, 5.74) is 0.487. The van der Waals surface area contributed by atoms with Gasteiger partial charge in [-0.2, -0.15) is 5.10 Å². The van der Waals surface area contributed by atoms with Crippen LogP contribution in [-0.2, 0) is 6.54 Å². The van der Waals surface area contributed by atoms with E-state index in [2.05, 4.69) is 12.0 Å². The van der Waals surface area contributed by atoms with Crippen molar-refractivity contribution in [3.05, 3.63) is 11.8 Å². The second kappa shape index (κ2) is 5.21. The molecular formula is C12H19N3O2. The highest BCUT2D eigenvalue weighted by atomic mass is 16.5. The number of amides is 1. The molecule has 5 nitrogen and oxygen atoms in total. The van der Waals surface area contributed by atoms with Crippen LogP contribution in [0.5, 0.6) is 5.88 Å². The first-order valence-corrected chi connectivity index (χ1v) is 6.18. The normalized spacial score (nSPS) is 14.0. The van der Waals surface area contributed by atoms with Gasteiger partial charge in [-0.15, -0.1) is 0 Å². The van der Waals surface area contributed by atoms with E-state index in [1.54, 1.807) is 15.6 Å². The molecular weight excluding hydrogens is 218 g/mol. The van der Waals surface area contributed by atoms with E-state index in [1.807, 2.05) is 7.05 Å². The molecule has 0 fully saturated rings. The minimum absolute atomic E-state index is 0.0241. The first kappa shape index (κ1) is 12.0. The van der Waals surface area contributed by atoms with Gasteiger partial charge in [-0.25, -0.2) is 4.68 Å². The third-order valence-electron chi connectivity index (χ3n) is 2.92. The minimum Gasteiger partial charge on any atom is -0.478 e. The summed E-state index contributed by atoms with van der Waals surface area (Å²) in [6.45, 7) is 4.44. The molecule has 2 rings (SSSR count). The van der Waals surface area contributed by atoms with Gasteiger partial charge in [0.2, 0.25) is 5.88 Å². The minimum atomic E-state index is -0.0241. The topological polar surface area (TPSA) is 47.4 Å². The number of unbranched alkanes of at least 4 members (excludes halogenated alkanes) is 1. The molecule has 0 aromatic carbocycles.